The quantitative estimate of drug-likeness (QED) is 0.233. The summed E-state index contributed by atoms with van der Waals surface area (Å²) in [6.07, 6.45) is 15.3. The monoisotopic (exact) mass is 587 g/mol. The van der Waals surface area contributed by atoms with E-state index in [0.717, 1.165) is 68.5 Å². The molecule has 0 spiro atoms. The van der Waals surface area contributed by atoms with Crippen molar-refractivity contribution in [1.29, 1.82) is 0 Å². The number of primary amides is 1. The summed E-state index contributed by atoms with van der Waals surface area (Å²) in [7, 11) is 0. The Hall–Kier alpha value is -5.18. The Morgan fingerprint density at radius 1 is 1.00 bits per heavy atom. The predicted molar refractivity (Wildman–Crippen MR) is 163 cm³/mol. The highest BCUT2D eigenvalue weighted by Gasteiger charge is 2.23. The van der Waals surface area contributed by atoms with Gasteiger partial charge in [0.25, 0.3) is 11.8 Å². The number of furan rings is 1. The largest absolute Gasteiger partial charge is 0.461 e. The number of guanidine groups is 1. The number of aryl methyl sites for hydroxylation is 1. The van der Waals surface area contributed by atoms with Gasteiger partial charge >= 0.3 is 0 Å². The molecular weight excluding hydrogens is 550 g/mol. The molecule has 0 saturated carbocycles. The Bertz CT molecular complexity index is 1500. The number of hydrogen-bond acceptors (Lipinski definition) is 7. The van der Waals surface area contributed by atoms with Crippen molar-refractivity contribution in [3.05, 3.63) is 59.6 Å². The third-order valence-electron chi connectivity index (χ3n) is 6.85. The zero-order valence-corrected chi connectivity index (χ0v) is 24.3. The van der Waals surface area contributed by atoms with E-state index in [4.69, 9.17) is 15.9 Å². The van der Waals surface area contributed by atoms with E-state index < -0.39 is 11.8 Å². The van der Waals surface area contributed by atoms with Crippen LogP contribution < -0.4 is 16.8 Å². The van der Waals surface area contributed by atoms with Crippen molar-refractivity contribution in [3.8, 4) is 12.8 Å². The van der Waals surface area contributed by atoms with Gasteiger partial charge in [0.2, 0.25) is 17.8 Å². The maximum atomic E-state index is 12.2. The average Bonchev–Trinajstić information content (AvgIpc) is 3.62. The highest BCUT2D eigenvalue weighted by atomic mass is 16.3. The van der Waals surface area contributed by atoms with Crippen molar-refractivity contribution >= 4 is 46.2 Å². The molecule has 0 radical (unpaired) electrons. The van der Waals surface area contributed by atoms with Crippen LogP contribution in [0.5, 0.6) is 0 Å². The Kier molecular flexibility index (Phi) is 11.8. The number of pyridine rings is 1. The van der Waals surface area contributed by atoms with Crippen LogP contribution in [0.3, 0.4) is 0 Å². The first-order valence-electron chi connectivity index (χ1n) is 14.0. The number of carbonyl (C=O) groups excluding carboxylic acids is 4. The number of aliphatic imine (C=N–C) groups is 1. The van der Waals surface area contributed by atoms with Gasteiger partial charge < -0.3 is 25.7 Å². The predicted octanol–water partition coefficient (Wildman–Crippen LogP) is 2.87. The minimum Gasteiger partial charge on any atom is -0.461 e. The molecule has 2 aliphatic heterocycles. The second-order valence-electron chi connectivity index (χ2n) is 10.0. The van der Waals surface area contributed by atoms with E-state index in [1.54, 1.807) is 23.1 Å². The fraction of sp³-hybridized carbons (Fsp3) is 0.355. The fourth-order valence-corrected chi connectivity index (χ4v) is 4.73. The van der Waals surface area contributed by atoms with E-state index in [9.17, 15) is 19.2 Å². The van der Waals surface area contributed by atoms with Crippen LogP contribution >= 0.6 is 0 Å². The highest BCUT2D eigenvalue weighted by molar-refractivity contribution is 6.06. The first kappa shape index (κ1) is 32.3. The Labute approximate surface area is 250 Å². The first-order chi connectivity index (χ1) is 20.7. The highest BCUT2D eigenvalue weighted by Crippen LogP contribution is 2.24. The molecule has 0 atom stereocenters. The van der Waals surface area contributed by atoms with Gasteiger partial charge in [-0.25, -0.2) is 4.99 Å². The van der Waals surface area contributed by atoms with Crippen LogP contribution in [0.25, 0.3) is 11.0 Å². The summed E-state index contributed by atoms with van der Waals surface area (Å²) in [5.41, 5.74) is 12.4. The molecule has 43 heavy (non-hydrogen) atoms. The zero-order chi connectivity index (χ0) is 31.4. The number of amides is 4. The second kappa shape index (κ2) is 15.7. The Morgan fingerprint density at radius 2 is 1.72 bits per heavy atom. The van der Waals surface area contributed by atoms with E-state index in [0.29, 0.717) is 18.7 Å². The van der Waals surface area contributed by atoms with Gasteiger partial charge in [-0.15, -0.1) is 12.8 Å². The van der Waals surface area contributed by atoms with Gasteiger partial charge in [0.1, 0.15) is 17.0 Å². The number of nitrogens with one attached hydrogen (secondary N) is 1. The van der Waals surface area contributed by atoms with Crippen molar-refractivity contribution in [1.82, 2.24) is 20.1 Å². The number of hydrogen-bond donors (Lipinski definition) is 3. The lowest BCUT2D eigenvalue weighted by Crippen LogP contribution is -2.41. The van der Waals surface area contributed by atoms with Crippen LogP contribution in [0.2, 0.25) is 0 Å². The number of nitrogens with zero attached hydrogens (tertiary/aromatic N) is 4. The number of benzene rings is 1. The molecule has 0 unspecified atom stereocenters. The molecule has 4 amide bonds. The van der Waals surface area contributed by atoms with Gasteiger partial charge in [0.15, 0.2) is 0 Å². The lowest BCUT2D eigenvalue weighted by atomic mass is 10.2. The van der Waals surface area contributed by atoms with Gasteiger partial charge in [0, 0.05) is 43.2 Å². The summed E-state index contributed by atoms with van der Waals surface area (Å²) < 4.78 is 5.49. The summed E-state index contributed by atoms with van der Waals surface area (Å²) in [5, 5.41) is 3.34. The molecule has 5 N–H and O–H groups in total. The van der Waals surface area contributed by atoms with Crippen molar-refractivity contribution in [2.24, 2.45) is 16.5 Å². The zero-order valence-electron chi connectivity index (χ0n) is 24.3. The van der Waals surface area contributed by atoms with Gasteiger partial charge in [-0.1, -0.05) is 6.42 Å². The molecule has 3 aromatic rings. The van der Waals surface area contributed by atoms with Crippen molar-refractivity contribution in [2.45, 2.75) is 45.4 Å². The van der Waals surface area contributed by atoms with Gasteiger partial charge in [-0.05, 0) is 69.0 Å². The van der Waals surface area contributed by atoms with Crippen LogP contribution in [0.1, 0.15) is 65.1 Å². The van der Waals surface area contributed by atoms with E-state index in [1.807, 2.05) is 17.9 Å². The molecule has 0 bridgehead atoms. The number of terminal acetylenes is 1. The first-order valence-corrected chi connectivity index (χ1v) is 14.0. The molecule has 12 nitrogen and oxygen atoms in total. The number of fused-ring (bicyclic) bond motifs is 1. The SMILES string of the molecule is C#C.Cc1cc2cc(N=C(N)NC(=O)c3ccnc(C(N)=O)c3)ccc2o1.O=C(CN1CCCCCC1=O)N1CCCC1. The molecule has 4 heterocycles. The average molecular weight is 588 g/mol. The number of carbonyl (C=O) groups is 4. The van der Waals surface area contributed by atoms with Gasteiger partial charge in [-0.2, -0.15) is 0 Å². The Balaban J connectivity index is 0.000000242. The maximum absolute atomic E-state index is 12.2. The molecule has 226 valence electrons. The summed E-state index contributed by atoms with van der Waals surface area (Å²) >= 11 is 0. The van der Waals surface area contributed by atoms with Gasteiger partial charge in [0.05, 0.1) is 12.2 Å². The summed E-state index contributed by atoms with van der Waals surface area (Å²) in [5.74, 6) is -0.244. The third-order valence-corrected chi connectivity index (χ3v) is 6.85. The standard InChI is InChI=1S/C17H15N5O3.C12H20N2O2.C2H2/c1-9-6-11-7-12(2-3-14(11)25-9)21-17(19)22-16(24)10-4-5-20-13(8-10)15(18)23;15-11-6-2-1-3-9-14(11)10-12(16)13-7-4-5-8-13;1-2/h2-8H,1H3,(H2,18,23)(H3,19,21,22,24);1-10H2;1-2H. The second-order valence-corrected chi connectivity index (χ2v) is 10.0. The molecule has 12 heteroatoms. The van der Waals surface area contributed by atoms with Crippen molar-refractivity contribution < 1.29 is 23.6 Å². The summed E-state index contributed by atoms with van der Waals surface area (Å²) in [6, 6.07) is 9.90. The molecule has 2 aromatic heterocycles. The lowest BCUT2D eigenvalue weighted by Gasteiger charge is -2.23. The summed E-state index contributed by atoms with van der Waals surface area (Å²) in [6.45, 7) is 4.67. The minimum atomic E-state index is -0.722. The van der Waals surface area contributed by atoms with E-state index >= 15 is 0 Å². The Morgan fingerprint density at radius 3 is 2.44 bits per heavy atom. The molecule has 2 fully saturated rings. The van der Waals surface area contributed by atoms with Crippen molar-refractivity contribution in [2.75, 3.05) is 26.2 Å². The third kappa shape index (κ3) is 9.43. The normalized spacial score (nSPS) is 15.0. The molecular formula is C31H37N7O5. The summed E-state index contributed by atoms with van der Waals surface area (Å²) in [4.78, 5) is 58.5. The van der Waals surface area contributed by atoms with Crippen molar-refractivity contribution in [3.63, 3.8) is 0 Å². The van der Waals surface area contributed by atoms with E-state index in [2.05, 4.69) is 28.1 Å². The molecule has 1 aromatic carbocycles. The van der Waals surface area contributed by atoms with E-state index in [1.165, 1.54) is 18.3 Å². The minimum absolute atomic E-state index is 0.0102. The maximum Gasteiger partial charge on any atom is 0.267 e. The molecule has 2 aliphatic rings. The molecule has 2 saturated heterocycles. The van der Waals surface area contributed by atoms with Crippen LogP contribution in [0.4, 0.5) is 5.69 Å². The van der Waals surface area contributed by atoms with Crippen LogP contribution in [0, 0.1) is 19.8 Å². The van der Waals surface area contributed by atoms with Gasteiger partial charge in [-0.3, -0.25) is 29.5 Å². The molecule has 5 rings (SSSR count). The lowest BCUT2D eigenvalue weighted by molar-refractivity contribution is -0.139. The number of nitrogens with two attached hydrogens (primary N) is 2. The number of rotatable bonds is 5. The van der Waals surface area contributed by atoms with E-state index in [-0.39, 0.29) is 29.0 Å². The topological polar surface area (TPSA) is 177 Å². The number of likely N-dealkylation sites (tertiary alicyclic amines) is 2. The fourth-order valence-electron chi connectivity index (χ4n) is 4.73. The van der Waals surface area contributed by atoms with Crippen LogP contribution in [-0.2, 0) is 9.59 Å². The van der Waals surface area contributed by atoms with Crippen LogP contribution in [0.15, 0.2) is 52.0 Å². The molecule has 0 aliphatic carbocycles. The smallest absolute Gasteiger partial charge is 0.267 e. The number of aromatic nitrogens is 1. The van der Waals surface area contributed by atoms with Crippen LogP contribution in [-0.4, -0.2) is 70.6 Å².